The van der Waals surface area contributed by atoms with Crippen LogP contribution in [0.3, 0.4) is 0 Å². The zero-order chi connectivity index (χ0) is 13.0. The Kier molecular flexibility index (Phi) is 4.48. The molecule has 5 heteroatoms. The first kappa shape index (κ1) is 13.5. The Morgan fingerprint density at radius 1 is 1.41 bits per heavy atom. The lowest BCUT2D eigenvalue weighted by atomic mass is 10.0. The quantitative estimate of drug-likeness (QED) is 0.673. The van der Waals surface area contributed by atoms with Gasteiger partial charge in [0.2, 0.25) is 0 Å². The molecule has 0 amide bonds. The van der Waals surface area contributed by atoms with Gasteiger partial charge in [-0.3, -0.25) is 4.79 Å². The van der Waals surface area contributed by atoms with Crippen LogP contribution >= 0.6 is 0 Å². The van der Waals surface area contributed by atoms with Crippen LogP contribution in [0.25, 0.3) is 0 Å². The molecule has 1 aromatic rings. The first-order valence-electron chi connectivity index (χ1n) is 5.18. The maximum absolute atomic E-state index is 10.9. The molecule has 0 radical (unpaired) electrons. The highest BCUT2D eigenvalue weighted by atomic mass is 16.5. The number of aromatic hydroxyl groups is 1. The summed E-state index contributed by atoms with van der Waals surface area (Å²) in [4.78, 5) is 10.9. The van der Waals surface area contributed by atoms with Crippen LogP contribution < -0.4 is 0 Å². The van der Waals surface area contributed by atoms with E-state index >= 15 is 0 Å². The van der Waals surface area contributed by atoms with Crippen molar-refractivity contribution >= 4 is 5.97 Å². The van der Waals surface area contributed by atoms with Crippen LogP contribution in [0.4, 0.5) is 0 Å². The highest BCUT2D eigenvalue weighted by Crippen LogP contribution is 2.25. The van der Waals surface area contributed by atoms with Gasteiger partial charge in [0.1, 0.15) is 11.9 Å². The second-order valence-corrected chi connectivity index (χ2v) is 3.84. The van der Waals surface area contributed by atoms with Gasteiger partial charge in [-0.05, 0) is 24.1 Å². The van der Waals surface area contributed by atoms with Crippen molar-refractivity contribution in [1.82, 2.24) is 0 Å². The van der Waals surface area contributed by atoms with Crippen molar-refractivity contribution in [3.05, 3.63) is 29.3 Å². The van der Waals surface area contributed by atoms with Crippen molar-refractivity contribution in [1.29, 1.82) is 0 Å². The minimum absolute atomic E-state index is 0.0341. The number of ether oxygens (including phenoxy) is 1. The van der Waals surface area contributed by atoms with Gasteiger partial charge in [-0.1, -0.05) is 12.1 Å². The smallest absolute Gasteiger partial charge is 0.308 e. The molecule has 1 rings (SSSR count). The maximum atomic E-state index is 10.9. The van der Waals surface area contributed by atoms with Crippen LogP contribution in [0.5, 0.6) is 5.75 Å². The number of hydrogen-bond donors (Lipinski definition) is 3. The third kappa shape index (κ3) is 3.44. The van der Waals surface area contributed by atoms with E-state index in [-0.39, 0.29) is 12.2 Å². The van der Waals surface area contributed by atoms with Gasteiger partial charge in [-0.15, -0.1) is 0 Å². The average molecular weight is 240 g/mol. The normalized spacial score (nSPS) is 14.1. The van der Waals surface area contributed by atoms with Gasteiger partial charge < -0.3 is 20.1 Å². The lowest BCUT2D eigenvalue weighted by Crippen LogP contribution is -2.22. The zero-order valence-corrected chi connectivity index (χ0v) is 9.75. The van der Waals surface area contributed by atoms with Crippen molar-refractivity contribution in [2.75, 3.05) is 7.11 Å². The molecule has 0 saturated carbocycles. The fraction of sp³-hybridized carbons (Fsp3) is 0.417. The van der Waals surface area contributed by atoms with Gasteiger partial charge in [0.25, 0.3) is 0 Å². The summed E-state index contributed by atoms with van der Waals surface area (Å²) >= 11 is 0. The maximum Gasteiger partial charge on any atom is 0.308 e. The number of esters is 1. The molecule has 2 atom stereocenters. The van der Waals surface area contributed by atoms with Gasteiger partial charge in [0.05, 0.1) is 19.6 Å². The lowest BCUT2D eigenvalue weighted by molar-refractivity contribution is -0.144. The Labute approximate surface area is 99.3 Å². The number of aryl methyl sites for hydroxylation is 1. The van der Waals surface area contributed by atoms with Crippen LogP contribution in [-0.4, -0.2) is 34.5 Å². The summed E-state index contributed by atoms with van der Waals surface area (Å²) in [5.41, 5.74) is 1.02. The number of phenolic OH excluding ortho intramolecular Hbond substituents is 1. The summed E-state index contributed by atoms with van der Waals surface area (Å²) < 4.78 is 4.39. The molecule has 0 spiro atoms. The van der Waals surface area contributed by atoms with E-state index in [1.807, 2.05) is 0 Å². The van der Waals surface area contributed by atoms with Gasteiger partial charge in [0, 0.05) is 0 Å². The predicted molar refractivity (Wildman–Crippen MR) is 60.4 cm³/mol. The molecule has 1 aromatic carbocycles. The minimum atomic E-state index is -1.26. The van der Waals surface area contributed by atoms with Crippen LogP contribution in [0.15, 0.2) is 18.2 Å². The molecule has 3 N–H and O–H groups in total. The lowest BCUT2D eigenvalue weighted by Gasteiger charge is -2.17. The number of hydrogen-bond acceptors (Lipinski definition) is 5. The Morgan fingerprint density at radius 3 is 2.59 bits per heavy atom. The SMILES string of the molecule is COC(=O)CC(O)C(O)c1ccc(C)c(O)c1. The summed E-state index contributed by atoms with van der Waals surface area (Å²) in [6, 6.07) is 4.57. The van der Waals surface area contributed by atoms with Crippen LogP contribution in [0.1, 0.15) is 23.7 Å². The highest BCUT2D eigenvalue weighted by molar-refractivity contribution is 5.69. The third-order valence-electron chi connectivity index (χ3n) is 2.54. The van der Waals surface area contributed by atoms with Crippen molar-refractivity contribution in [3.8, 4) is 5.75 Å². The number of methoxy groups -OCH3 is 1. The molecule has 0 heterocycles. The Morgan fingerprint density at radius 2 is 2.06 bits per heavy atom. The number of carbonyl (C=O) groups is 1. The summed E-state index contributed by atoms with van der Waals surface area (Å²) in [6.07, 6.45) is -2.79. The van der Waals surface area contributed by atoms with E-state index in [9.17, 15) is 20.1 Å². The number of carbonyl (C=O) groups excluding carboxylic acids is 1. The summed E-state index contributed by atoms with van der Waals surface area (Å²) in [5, 5.41) is 28.9. The Bertz CT molecular complexity index is 402. The molecule has 5 nitrogen and oxygen atoms in total. The zero-order valence-electron chi connectivity index (χ0n) is 9.75. The largest absolute Gasteiger partial charge is 0.508 e. The number of rotatable bonds is 4. The first-order chi connectivity index (χ1) is 7.95. The molecular weight excluding hydrogens is 224 g/mol. The van der Waals surface area contributed by atoms with Crippen molar-refractivity contribution in [2.24, 2.45) is 0 Å². The Hall–Kier alpha value is -1.59. The van der Waals surface area contributed by atoms with Gasteiger partial charge >= 0.3 is 5.97 Å². The molecule has 0 saturated heterocycles. The number of phenols is 1. The predicted octanol–water partition coefficient (Wildman–Crippen LogP) is 0.658. The summed E-state index contributed by atoms with van der Waals surface area (Å²) in [7, 11) is 1.21. The average Bonchev–Trinajstić information content (AvgIpc) is 2.31. The van der Waals surface area contributed by atoms with Crippen LogP contribution in [-0.2, 0) is 9.53 Å². The number of aliphatic hydroxyl groups is 2. The summed E-state index contributed by atoms with van der Waals surface area (Å²) in [6.45, 7) is 1.72. The van der Waals surface area contributed by atoms with Crippen LogP contribution in [0, 0.1) is 6.92 Å². The summed E-state index contributed by atoms with van der Waals surface area (Å²) in [5.74, 6) is -0.570. The second-order valence-electron chi connectivity index (χ2n) is 3.84. The molecule has 0 aliphatic heterocycles. The fourth-order valence-corrected chi connectivity index (χ4v) is 1.40. The van der Waals surface area contributed by atoms with Crippen molar-refractivity contribution < 1.29 is 24.9 Å². The van der Waals surface area contributed by atoms with E-state index in [1.54, 1.807) is 19.1 Å². The van der Waals surface area contributed by atoms with E-state index in [2.05, 4.69) is 4.74 Å². The number of aliphatic hydroxyl groups excluding tert-OH is 2. The first-order valence-corrected chi connectivity index (χ1v) is 5.18. The van der Waals surface area contributed by atoms with E-state index in [0.717, 1.165) is 0 Å². The fourth-order valence-electron chi connectivity index (χ4n) is 1.40. The molecule has 0 bridgehead atoms. The van der Waals surface area contributed by atoms with Gasteiger partial charge in [-0.25, -0.2) is 0 Å². The van der Waals surface area contributed by atoms with Gasteiger partial charge in [0.15, 0.2) is 0 Å². The third-order valence-corrected chi connectivity index (χ3v) is 2.54. The van der Waals surface area contributed by atoms with Crippen molar-refractivity contribution in [3.63, 3.8) is 0 Å². The molecule has 94 valence electrons. The van der Waals surface area contributed by atoms with E-state index in [4.69, 9.17) is 0 Å². The molecule has 0 aliphatic rings. The van der Waals surface area contributed by atoms with Crippen molar-refractivity contribution in [2.45, 2.75) is 25.6 Å². The van der Waals surface area contributed by atoms with Crippen LogP contribution in [0.2, 0.25) is 0 Å². The minimum Gasteiger partial charge on any atom is -0.508 e. The monoisotopic (exact) mass is 240 g/mol. The molecule has 2 unspecified atom stereocenters. The molecule has 0 aromatic heterocycles. The van der Waals surface area contributed by atoms with E-state index in [1.165, 1.54) is 13.2 Å². The van der Waals surface area contributed by atoms with E-state index < -0.39 is 18.2 Å². The second kappa shape index (κ2) is 5.65. The number of benzene rings is 1. The molecular formula is C12H16O5. The molecule has 0 aliphatic carbocycles. The Balaban J connectivity index is 2.77. The topological polar surface area (TPSA) is 87.0 Å². The van der Waals surface area contributed by atoms with E-state index in [0.29, 0.717) is 11.1 Å². The molecule has 17 heavy (non-hydrogen) atoms. The molecule has 0 fully saturated rings. The highest BCUT2D eigenvalue weighted by Gasteiger charge is 2.22. The van der Waals surface area contributed by atoms with Gasteiger partial charge in [-0.2, -0.15) is 0 Å². The standard InChI is InChI=1S/C12H16O5/c1-7-3-4-8(5-9(7)13)12(16)10(14)6-11(15)17-2/h3-5,10,12-14,16H,6H2,1-2H3.